The molecule has 0 bridgehead atoms. The summed E-state index contributed by atoms with van der Waals surface area (Å²) in [5.74, 6) is -0.427. The number of hydrogen-bond acceptors (Lipinski definition) is 4. The Labute approximate surface area is 132 Å². The molecule has 1 heterocycles. The Bertz CT molecular complexity index is 472. The van der Waals surface area contributed by atoms with Gasteiger partial charge in [0.1, 0.15) is 10.7 Å². The molecule has 0 aliphatic carbocycles. The van der Waals surface area contributed by atoms with Crippen LogP contribution in [0.1, 0.15) is 62.5 Å². The van der Waals surface area contributed by atoms with Crippen molar-refractivity contribution in [1.29, 1.82) is 0 Å². The van der Waals surface area contributed by atoms with Crippen LogP contribution in [0.2, 0.25) is 5.15 Å². The van der Waals surface area contributed by atoms with Crippen molar-refractivity contribution in [1.82, 2.24) is 4.98 Å². The lowest BCUT2D eigenvalue weighted by molar-refractivity contribution is 0.0527. The molecule has 0 fully saturated rings. The van der Waals surface area contributed by atoms with Crippen LogP contribution in [0, 0.1) is 6.92 Å². The van der Waals surface area contributed by atoms with E-state index in [1.807, 2.05) is 13.0 Å². The standard InChI is InChI=1S/C16H25ClN2O2/c1-5-8-12(9-6-2)19-13-10-11(4)18-15(17)14(13)16(20)21-7-3/h10,12H,5-9H2,1-4H3,(H,18,19). The van der Waals surface area contributed by atoms with Crippen molar-refractivity contribution < 1.29 is 9.53 Å². The summed E-state index contributed by atoms with van der Waals surface area (Å²) in [6.07, 6.45) is 4.28. The largest absolute Gasteiger partial charge is 0.462 e. The first-order valence-electron chi connectivity index (χ1n) is 7.64. The van der Waals surface area contributed by atoms with Crippen molar-refractivity contribution >= 4 is 23.3 Å². The van der Waals surface area contributed by atoms with Crippen LogP contribution < -0.4 is 5.32 Å². The number of aromatic nitrogens is 1. The number of esters is 1. The highest BCUT2D eigenvalue weighted by atomic mass is 35.5. The number of ether oxygens (including phenoxy) is 1. The van der Waals surface area contributed by atoms with E-state index in [1.54, 1.807) is 6.92 Å². The summed E-state index contributed by atoms with van der Waals surface area (Å²) in [6.45, 7) is 8.26. The van der Waals surface area contributed by atoms with E-state index in [4.69, 9.17) is 16.3 Å². The summed E-state index contributed by atoms with van der Waals surface area (Å²) in [5.41, 5.74) is 1.83. The van der Waals surface area contributed by atoms with E-state index in [1.165, 1.54) is 0 Å². The summed E-state index contributed by atoms with van der Waals surface area (Å²) >= 11 is 6.15. The molecule has 0 atom stereocenters. The van der Waals surface area contributed by atoms with Gasteiger partial charge in [0.05, 0.1) is 12.3 Å². The van der Waals surface area contributed by atoms with Gasteiger partial charge in [-0.05, 0) is 32.8 Å². The predicted octanol–water partition coefficient (Wildman–Crippen LogP) is 4.60. The minimum absolute atomic E-state index is 0.197. The van der Waals surface area contributed by atoms with Crippen molar-refractivity contribution in [2.24, 2.45) is 0 Å². The molecule has 0 spiro atoms. The lowest BCUT2D eigenvalue weighted by atomic mass is 10.1. The van der Waals surface area contributed by atoms with Gasteiger partial charge >= 0.3 is 5.97 Å². The van der Waals surface area contributed by atoms with Gasteiger partial charge in [-0.25, -0.2) is 9.78 Å². The first-order chi connectivity index (χ1) is 10.0. The molecule has 0 unspecified atom stereocenters. The number of aryl methyl sites for hydroxylation is 1. The minimum Gasteiger partial charge on any atom is -0.462 e. The zero-order chi connectivity index (χ0) is 15.8. The van der Waals surface area contributed by atoms with E-state index in [0.29, 0.717) is 18.2 Å². The molecule has 1 aromatic rings. The number of anilines is 1. The van der Waals surface area contributed by atoms with E-state index in [0.717, 1.165) is 37.1 Å². The van der Waals surface area contributed by atoms with Crippen molar-refractivity contribution in [3.05, 3.63) is 22.5 Å². The van der Waals surface area contributed by atoms with Crippen LogP contribution in [0.25, 0.3) is 0 Å². The van der Waals surface area contributed by atoms with Crippen LogP contribution in [-0.4, -0.2) is 23.6 Å². The SMILES string of the molecule is CCCC(CCC)Nc1cc(C)nc(Cl)c1C(=O)OCC. The van der Waals surface area contributed by atoms with Crippen molar-refractivity contribution in [2.45, 2.75) is 59.4 Å². The molecule has 0 aliphatic rings. The Hall–Kier alpha value is -1.29. The molecule has 1 rings (SSSR count). The number of carbonyl (C=O) groups excluding carboxylic acids is 1. The molecule has 0 aliphatic heterocycles. The lowest BCUT2D eigenvalue weighted by Crippen LogP contribution is -2.22. The monoisotopic (exact) mass is 312 g/mol. The normalized spacial score (nSPS) is 10.8. The first-order valence-corrected chi connectivity index (χ1v) is 8.01. The van der Waals surface area contributed by atoms with Crippen molar-refractivity contribution in [3.8, 4) is 0 Å². The molecule has 0 saturated heterocycles. The van der Waals surface area contributed by atoms with Gasteiger partial charge in [-0.1, -0.05) is 38.3 Å². The molecule has 0 aromatic carbocycles. The van der Waals surface area contributed by atoms with Crippen LogP contribution in [0.4, 0.5) is 5.69 Å². The van der Waals surface area contributed by atoms with Crippen LogP contribution in [0.5, 0.6) is 0 Å². The number of nitrogens with zero attached hydrogens (tertiary/aromatic N) is 1. The molecule has 1 N–H and O–H groups in total. The number of pyridine rings is 1. The third-order valence-corrected chi connectivity index (χ3v) is 3.49. The van der Waals surface area contributed by atoms with E-state index >= 15 is 0 Å². The fourth-order valence-electron chi connectivity index (χ4n) is 2.35. The molecule has 0 radical (unpaired) electrons. The molecule has 4 nitrogen and oxygen atoms in total. The third-order valence-electron chi connectivity index (χ3n) is 3.22. The summed E-state index contributed by atoms with van der Waals surface area (Å²) in [7, 11) is 0. The highest BCUT2D eigenvalue weighted by Gasteiger charge is 2.20. The van der Waals surface area contributed by atoms with Crippen molar-refractivity contribution in [2.75, 3.05) is 11.9 Å². The molecule has 21 heavy (non-hydrogen) atoms. The lowest BCUT2D eigenvalue weighted by Gasteiger charge is -2.21. The van der Waals surface area contributed by atoms with Gasteiger partial charge in [-0.2, -0.15) is 0 Å². The minimum atomic E-state index is -0.427. The maximum Gasteiger partial charge on any atom is 0.343 e. The fraction of sp³-hybridized carbons (Fsp3) is 0.625. The van der Waals surface area contributed by atoms with Crippen LogP contribution >= 0.6 is 11.6 Å². The second-order valence-electron chi connectivity index (χ2n) is 5.12. The Morgan fingerprint density at radius 1 is 1.33 bits per heavy atom. The number of hydrogen-bond donors (Lipinski definition) is 1. The quantitative estimate of drug-likeness (QED) is 0.563. The Balaban J connectivity index is 3.10. The molecule has 0 amide bonds. The summed E-state index contributed by atoms with van der Waals surface area (Å²) in [6, 6.07) is 2.18. The van der Waals surface area contributed by atoms with E-state index < -0.39 is 5.97 Å². The molecule has 118 valence electrons. The van der Waals surface area contributed by atoms with Gasteiger partial charge in [0.25, 0.3) is 0 Å². The van der Waals surface area contributed by atoms with Gasteiger partial charge in [0.2, 0.25) is 0 Å². The third kappa shape index (κ3) is 5.20. The van der Waals surface area contributed by atoms with Crippen LogP contribution in [0.3, 0.4) is 0 Å². The van der Waals surface area contributed by atoms with Crippen LogP contribution in [0.15, 0.2) is 6.07 Å². The van der Waals surface area contributed by atoms with Gasteiger partial charge in [-0.15, -0.1) is 0 Å². The maximum absolute atomic E-state index is 12.1. The molecular weight excluding hydrogens is 288 g/mol. The predicted molar refractivity (Wildman–Crippen MR) is 87.2 cm³/mol. The second-order valence-corrected chi connectivity index (χ2v) is 5.47. The zero-order valence-corrected chi connectivity index (χ0v) is 14.1. The van der Waals surface area contributed by atoms with Gasteiger partial charge in [0, 0.05) is 11.7 Å². The molecule has 0 saturated carbocycles. The number of carbonyl (C=O) groups is 1. The summed E-state index contributed by atoms with van der Waals surface area (Å²) < 4.78 is 5.09. The summed E-state index contributed by atoms with van der Waals surface area (Å²) in [4.78, 5) is 16.3. The van der Waals surface area contributed by atoms with Gasteiger partial charge < -0.3 is 10.1 Å². The zero-order valence-electron chi connectivity index (χ0n) is 13.3. The molecule has 5 heteroatoms. The number of halogens is 1. The smallest absolute Gasteiger partial charge is 0.343 e. The van der Waals surface area contributed by atoms with Gasteiger partial charge in [0.15, 0.2) is 0 Å². The first kappa shape index (κ1) is 17.8. The van der Waals surface area contributed by atoms with E-state index in [9.17, 15) is 4.79 Å². The van der Waals surface area contributed by atoms with Crippen molar-refractivity contribution in [3.63, 3.8) is 0 Å². The Morgan fingerprint density at radius 3 is 2.48 bits per heavy atom. The van der Waals surface area contributed by atoms with E-state index in [-0.39, 0.29) is 5.15 Å². The molecular formula is C16H25ClN2O2. The second kappa shape index (κ2) is 8.88. The van der Waals surface area contributed by atoms with Gasteiger partial charge in [-0.3, -0.25) is 0 Å². The number of nitrogens with one attached hydrogen (secondary N) is 1. The average Bonchev–Trinajstić information content (AvgIpc) is 2.38. The van der Waals surface area contributed by atoms with E-state index in [2.05, 4.69) is 24.1 Å². The highest BCUT2D eigenvalue weighted by Crippen LogP contribution is 2.27. The fourth-order valence-corrected chi connectivity index (χ4v) is 2.66. The number of rotatable bonds is 8. The summed E-state index contributed by atoms with van der Waals surface area (Å²) in [5, 5.41) is 3.64. The Morgan fingerprint density at radius 2 is 1.95 bits per heavy atom. The average molecular weight is 313 g/mol. The Kier molecular flexibility index (Phi) is 7.51. The highest BCUT2D eigenvalue weighted by molar-refractivity contribution is 6.33. The molecule has 1 aromatic heterocycles. The maximum atomic E-state index is 12.1. The topological polar surface area (TPSA) is 51.2 Å². The van der Waals surface area contributed by atoms with Crippen LogP contribution in [-0.2, 0) is 4.74 Å².